The van der Waals surface area contributed by atoms with Crippen LogP contribution in [0.5, 0.6) is 0 Å². The average molecular weight is 443 g/mol. The number of anilines is 1. The summed E-state index contributed by atoms with van der Waals surface area (Å²) < 4.78 is 2.02. The molecule has 0 radical (unpaired) electrons. The van der Waals surface area contributed by atoms with Crippen LogP contribution in [0.2, 0.25) is 0 Å². The quantitative estimate of drug-likeness (QED) is 0.531. The normalized spacial score (nSPS) is 14.3. The number of aryl methyl sites for hydroxylation is 3. The van der Waals surface area contributed by atoms with Crippen LogP contribution in [0.1, 0.15) is 39.2 Å². The van der Waals surface area contributed by atoms with E-state index in [1.54, 1.807) is 6.08 Å². The van der Waals surface area contributed by atoms with Gasteiger partial charge in [-0.3, -0.25) is 9.48 Å². The first-order valence-electron chi connectivity index (χ1n) is 11.7. The van der Waals surface area contributed by atoms with Crippen molar-refractivity contribution in [3.63, 3.8) is 0 Å². The molecule has 0 bridgehead atoms. The fourth-order valence-electron chi connectivity index (χ4n) is 4.48. The Labute approximate surface area is 197 Å². The second-order valence-electron chi connectivity index (χ2n) is 9.09. The topological polar surface area (TPSA) is 41.4 Å². The van der Waals surface area contributed by atoms with E-state index < -0.39 is 0 Å². The Morgan fingerprint density at radius 3 is 2.33 bits per heavy atom. The van der Waals surface area contributed by atoms with E-state index in [0.717, 1.165) is 49.7 Å². The monoisotopic (exact) mass is 442 g/mol. The maximum atomic E-state index is 12.9. The molecule has 5 heteroatoms. The van der Waals surface area contributed by atoms with Crippen LogP contribution in [0.4, 0.5) is 5.69 Å². The van der Waals surface area contributed by atoms with Crippen molar-refractivity contribution in [1.82, 2.24) is 14.7 Å². The first-order chi connectivity index (χ1) is 15.8. The molecule has 5 nitrogen and oxygen atoms in total. The molecule has 1 aliphatic rings. The Hall–Kier alpha value is -3.34. The van der Waals surface area contributed by atoms with Gasteiger partial charge in [0.05, 0.1) is 12.2 Å². The summed E-state index contributed by atoms with van der Waals surface area (Å²) >= 11 is 0. The van der Waals surface area contributed by atoms with E-state index in [1.165, 1.54) is 27.9 Å². The SMILES string of the molecule is Cc1ccc(Cn2nc(C)c(/C=C/C(=O)N3CCN(c4cccc(C)c4C)CC3)c2C)cc1. The third-order valence-electron chi connectivity index (χ3n) is 6.79. The summed E-state index contributed by atoms with van der Waals surface area (Å²) in [6, 6.07) is 15.0. The minimum Gasteiger partial charge on any atom is -0.368 e. The van der Waals surface area contributed by atoms with Gasteiger partial charge in [0.15, 0.2) is 0 Å². The molecule has 1 aromatic heterocycles. The van der Waals surface area contributed by atoms with Gasteiger partial charge in [-0.2, -0.15) is 5.10 Å². The first-order valence-corrected chi connectivity index (χ1v) is 11.7. The van der Waals surface area contributed by atoms with E-state index in [4.69, 9.17) is 5.10 Å². The van der Waals surface area contributed by atoms with Crippen molar-refractivity contribution in [1.29, 1.82) is 0 Å². The molecule has 0 spiro atoms. The number of rotatable bonds is 5. The van der Waals surface area contributed by atoms with E-state index >= 15 is 0 Å². The Kier molecular flexibility index (Phi) is 6.68. The molecule has 2 heterocycles. The summed E-state index contributed by atoms with van der Waals surface area (Å²) in [6.45, 7) is 14.4. The lowest BCUT2D eigenvalue weighted by Crippen LogP contribution is -2.48. The molecule has 4 rings (SSSR count). The van der Waals surface area contributed by atoms with Gasteiger partial charge in [-0.05, 0) is 63.5 Å². The van der Waals surface area contributed by atoms with Gasteiger partial charge >= 0.3 is 0 Å². The largest absolute Gasteiger partial charge is 0.368 e. The summed E-state index contributed by atoms with van der Waals surface area (Å²) in [6.07, 6.45) is 3.64. The van der Waals surface area contributed by atoms with Crippen LogP contribution in [0.3, 0.4) is 0 Å². The highest BCUT2D eigenvalue weighted by atomic mass is 16.2. The van der Waals surface area contributed by atoms with Crippen molar-refractivity contribution in [2.45, 2.75) is 41.2 Å². The van der Waals surface area contributed by atoms with Crippen LogP contribution in [-0.4, -0.2) is 46.8 Å². The van der Waals surface area contributed by atoms with Gasteiger partial charge in [-0.15, -0.1) is 0 Å². The van der Waals surface area contributed by atoms with Crippen molar-refractivity contribution in [2.24, 2.45) is 0 Å². The van der Waals surface area contributed by atoms with Crippen LogP contribution in [0.25, 0.3) is 6.08 Å². The maximum Gasteiger partial charge on any atom is 0.246 e. The van der Waals surface area contributed by atoms with Gasteiger partial charge in [-0.25, -0.2) is 0 Å². The zero-order valence-electron chi connectivity index (χ0n) is 20.4. The molecule has 0 saturated carbocycles. The van der Waals surface area contributed by atoms with Gasteiger partial charge in [-0.1, -0.05) is 42.0 Å². The lowest BCUT2D eigenvalue weighted by Gasteiger charge is -2.36. The molecule has 1 fully saturated rings. The second-order valence-corrected chi connectivity index (χ2v) is 9.09. The fraction of sp³-hybridized carbons (Fsp3) is 0.357. The van der Waals surface area contributed by atoms with Crippen molar-refractivity contribution in [2.75, 3.05) is 31.1 Å². The average Bonchev–Trinajstić information content (AvgIpc) is 3.08. The zero-order valence-corrected chi connectivity index (χ0v) is 20.4. The van der Waals surface area contributed by atoms with Crippen LogP contribution >= 0.6 is 0 Å². The number of carbonyl (C=O) groups excluding carboxylic acids is 1. The van der Waals surface area contributed by atoms with Crippen LogP contribution in [0, 0.1) is 34.6 Å². The zero-order chi connectivity index (χ0) is 23.5. The Morgan fingerprint density at radius 2 is 1.64 bits per heavy atom. The molecule has 2 aromatic carbocycles. The fourth-order valence-corrected chi connectivity index (χ4v) is 4.48. The molecular weight excluding hydrogens is 408 g/mol. The van der Waals surface area contributed by atoms with Crippen LogP contribution < -0.4 is 4.90 Å². The van der Waals surface area contributed by atoms with Gasteiger partial charge in [0.1, 0.15) is 0 Å². The summed E-state index contributed by atoms with van der Waals surface area (Å²) in [5.41, 5.74) is 9.45. The Bertz CT molecular complexity index is 1170. The molecule has 0 aliphatic carbocycles. The van der Waals surface area contributed by atoms with Gasteiger partial charge < -0.3 is 9.80 Å². The van der Waals surface area contributed by atoms with Crippen molar-refractivity contribution in [3.8, 4) is 0 Å². The molecule has 0 unspecified atom stereocenters. The molecule has 0 N–H and O–H groups in total. The van der Waals surface area contributed by atoms with E-state index in [9.17, 15) is 4.79 Å². The Morgan fingerprint density at radius 1 is 0.939 bits per heavy atom. The van der Waals surface area contributed by atoms with Gasteiger partial charge in [0.2, 0.25) is 5.91 Å². The van der Waals surface area contributed by atoms with E-state index in [1.807, 2.05) is 22.6 Å². The summed E-state index contributed by atoms with van der Waals surface area (Å²) in [5.74, 6) is 0.0701. The summed E-state index contributed by atoms with van der Waals surface area (Å²) in [4.78, 5) is 17.2. The highest BCUT2D eigenvalue weighted by molar-refractivity contribution is 5.92. The number of hydrogen-bond donors (Lipinski definition) is 0. The van der Waals surface area contributed by atoms with Crippen molar-refractivity contribution < 1.29 is 4.79 Å². The lowest BCUT2D eigenvalue weighted by molar-refractivity contribution is -0.126. The van der Waals surface area contributed by atoms with E-state index in [2.05, 4.69) is 75.1 Å². The lowest BCUT2D eigenvalue weighted by atomic mass is 10.1. The standard InChI is InChI=1S/C28H34N4O/c1-20-9-11-25(12-10-20)19-32-24(5)26(23(4)29-32)13-14-28(33)31-17-15-30(16-18-31)27-8-6-7-21(2)22(27)3/h6-14H,15-19H2,1-5H3/b14-13+. The van der Waals surface area contributed by atoms with Gasteiger partial charge in [0, 0.05) is 49.2 Å². The van der Waals surface area contributed by atoms with E-state index in [0.29, 0.717) is 0 Å². The highest BCUT2D eigenvalue weighted by Crippen LogP contribution is 2.24. The molecule has 3 aromatic rings. The first kappa shape index (κ1) is 22.8. The molecule has 1 aliphatic heterocycles. The van der Waals surface area contributed by atoms with Crippen molar-refractivity contribution >= 4 is 17.7 Å². The number of hydrogen-bond acceptors (Lipinski definition) is 3. The molecular formula is C28H34N4O. The van der Waals surface area contributed by atoms with Crippen LogP contribution in [-0.2, 0) is 11.3 Å². The third-order valence-corrected chi connectivity index (χ3v) is 6.79. The minimum absolute atomic E-state index is 0.0701. The predicted octanol–water partition coefficient (Wildman–Crippen LogP) is 4.84. The van der Waals surface area contributed by atoms with E-state index in [-0.39, 0.29) is 5.91 Å². The summed E-state index contributed by atoms with van der Waals surface area (Å²) in [7, 11) is 0. The predicted molar refractivity (Wildman–Crippen MR) is 136 cm³/mol. The summed E-state index contributed by atoms with van der Waals surface area (Å²) in [5, 5.41) is 4.71. The molecule has 1 saturated heterocycles. The van der Waals surface area contributed by atoms with Crippen molar-refractivity contribution in [3.05, 3.63) is 87.7 Å². The number of benzene rings is 2. The highest BCUT2D eigenvalue weighted by Gasteiger charge is 2.21. The Balaban J connectivity index is 1.39. The van der Waals surface area contributed by atoms with Crippen LogP contribution in [0.15, 0.2) is 48.5 Å². The third kappa shape index (κ3) is 5.03. The number of piperazine rings is 1. The molecule has 33 heavy (non-hydrogen) atoms. The second kappa shape index (κ2) is 9.65. The molecule has 172 valence electrons. The minimum atomic E-state index is 0.0701. The number of aromatic nitrogens is 2. The maximum absolute atomic E-state index is 12.9. The van der Waals surface area contributed by atoms with Gasteiger partial charge in [0.25, 0.3) is 0 Å². The molecule has 0 atom stereocenters. The smallest absolute Gasteiger partial charge is 0.246 e. The number of carbonyl (C=O) groups is 1. The molecule has 1 amide bonds. The number of amides is 1. The number of nitrogens with zero attached hydrogens (tertiary/aromatic N) is 4.